The second kappa shape index (κ2) is 6.83. The van der Waals surface area contributed by atoms with E-state index >= 15 is 0 Å². The number of hydrogen-bond donors (Lipinski definition) is 2. The summed E-state index contributed by atoms with van der Waals surface area (Å²) in [7, 11) is 1.89. The molecule has 7 heteroatoms. The Balaban J connectivity index is 1.47. The molecule has 3 fully saturated rings. The predicted molar refractivity (Wildman–Crippen MR) is 101 cm³/mol. The molecule has 4 rings (SSSR count). The molecule has 1 aromatic rings. The zero-order valence-corrected chi connectivity index (χ0v) is 15.9. The second-order valence-electron chi connectivity index (χ2n) is 7.66. The SMILES string of the molecule is Cc1cc(Cl)ccc1NC(=O)C1CCC2C(C1)N(C)C(=O)C1CCNN12. The van der Waals surface area contributed by atoms with E-state index in [1.807, 2.05) is 31.0 Å². The highest BCUT2D eigenvalue weighted by atomic mass is 35.5. The average Bonchev–Trinajstić information content (AvgIpc) is 3.11. The van der Waals surface area contributed by atoms with Gasteiger partial charge in [-0.25, -0.2) is 5.01 Å². The van der Waals surface area contributed by atoms with Crippen LogP contribution in [0.5, 0.6) is 0 Å². The summed E-state index contributed by atoms with van der Waals surface area (Å²) in [5.41, 5.74) is 5.13. The first-order chi connectivity index (χ1) is 12.5. The minimum atomic E-state index is -0.0827. The van der Waals surface area contributed by atoms with Gasteiger partial charge in [0.15, 0.2) is 0 Å². The highest BCUT2D eigenvalue weighted by molar-refractivity contribution is 6.30. The summed E-state index contributed by atoms with van der Waals surface area (Å²) in [5, 5.41) is 5.86. The number of fused-ring (bicyclic) bond motifs is 3. The van der Waals surface area contributed by atoms with Gasteiger partial charge in [0.25, 0.3) is 0 Å². The summed E-state index contributed by atoms with van der Waals surface area (Å²) in [5.74, 6) is 0.123. The molecule has 4 atom stereocenters. The van der Waals surface area contributed by atoms with Crippen LogP contribution in [-0.4, -0.2) is 53.4 Å². The summed E-state index contributed by atoms with van der Waals surface area (Å²) >= 11 is 5.99. The molecule has 2 amide bonds. The maximum Gasteiger partial charge on any atom is 0.241 e. The Bertz CT molecular complexity index is 740. The van der Waals surface area contributed by atoms with Crippen LogP contribution in [-0.2, 0) is 9.59 Å². The van der Waals surface area contributed by atoms with Gasteiger partial charge in [-0.05, 0) is 56.4 Å². The van der Waals surface area contributed by atoms with Crippen molar-refractivity contribution in [1.29, 1.82) is 0 Å². The molecular weight excluding hydrogens is 352 g/mol. The number of nitrogens with one attached hydrogen (secondary N) is 2. The van der Waals surface area contributed by atoms with Crippen LogP contribution in [0, 0.1) is 12.8 Å². The molecule has 26 heavy (non-hydrogen) atoms. The maximum absolute atomic E-state index is 12.8. The number of anilines is 1. The number of likely N-dealkylation sites (N-methyl/N-ethyl adjacent to an activating group) is 1. The number of nitrogens with zero attached hydrogens (tertiary/aromatic N) is 2. The highest BCUT2D eigenvalue weighted by Gasteiger charge is 2.50. The third-order valence-corrected chi connectivity index (χ3v) is 6.37. The zero-order chi connectivity index (χ0) is 18.4. The molecule has 0 bridgehead atoms. The lowest BCUT2D eigenvalue weighted by molar-refractivity contribution is -0.153. The first-order valence-electron chi connectivity index (χ1n) is 9.31. The number of hydrazine groups is 1. The van der Waals surface area contributed by atoms with E-state index in [0.29, 0.717) is 17.5 Å². The summed E-state index contributed by atoms with van der Waals surface area (Å²) in [6.45, 7) is 2.79. The lowest BCUT2D eigenvalue weighted by Gasteiger charge is -2.50. The molecule has 2 heterocycles. The molecule has 0 radical (unpaired) electrons. The second-order valence-corrected chi connectivity index (χ2v) is 8.10. The molecule has 2 saturated heterocycles. The first kappa shape index (κ1) is 17.8. The minimum Gasteiger partial charge on any atom is -0.340 e. The third kappa shape index (κ3) is 3.00. The van der Waals surface area contributed by atoms with Crippen molar-refractivity contribution in [2.45, 2.75) is 50.7 Å². The van der Waals surface area contributed by atoms with Gasteiger partial charge < -0.3 is 10.2 Å². The van der Waals surface area contributed by atoms with E-state index in [9.17, 15) is 9.59 Å². The molecular formula is C19H25ClN4O2. The molecule has 2 N–H and O–H groups in total. The maximum atomic E-state index is 12.8. The number of amides is 2. The van der Waals surface area contributed by atoms with Gasteiger partial charge in [0.1, 0.15) is 6.04 Å². The first-order valence-corrected chi connectivity index (χ1v) is 9.69. The van der Waals surface area contributed by atoms with Crippen molar-refractivity contribution in [3.8, 4) is 0 Å². The standard InChI is InChI=1S/C19H25ClN4O2/c1-11-9-13(20)4-5-14(11)22-18(25)12-3-6-15-17(10-12)23(2)19(26)16-7-8-21-24(15)16/h4-5,9,12,15-17,21H,3,6-8,10H2,1-2H3,(H,22,25). The Hall–Kier alpha value is -1.63. The highest BCUT2D eigenvalue weighted by Crippen LogP contribution is 2.37. The summed E-state index contributed by atoms with van der Waals surface area (Å²) in [4.78, 5) is 27.3. The van der Waals surface area contributed by atoms with Crippen molar-refractivity contribution in [2.24, 2.45) is 5.92 Å². The average molecular weight is 377 g/mol. The molecule has 1 aromatic carbocycles. The molecule has 1 aliphatic carbocycles. The number of aryl methyl sites for hydroxylation is 1. The fourth-order valence-corrected chi connectivity index (χ4v) is 4.91. The van der Waals surface area contributed by atoms with E-state index in [1.54, 1.807) is 6.07 Å². The van der Waals surface area contributed by atoms with Crippen LogP contribution in [0.2, 0.25) is 5.02 Å². The van der Waals surface area contributed by atoms with E-state index in [-0.39, 0.29) is 29.8 Å². The van der Waals surface area contributed by atoms with Gasteiger partial charge in [-0.2, -0.15) is 0 Å². The summed E-state index contributed by atoms with van der Waals surface area (Å²) in [6.07, 6.45) is 3.33. The van der Waals surface area contributed by atoms with Gasteiger partial charge in [-0.1, -0.05) is 11.6 Å². The van der Waals surface area contributed by atoms with Crippen molar-refractivity contribution in [2.75, 3.05) is 18.9 Å². The van der Waals surface area contributed by atoms with Crippen LogP contribution < -0.4 is 10.7 Å². The molecule has 6 nitrogen and oxygen atoms in total. The summed E-state index contributed by atoms with van der Waals surface area (Å²) < 4.78 is 0. The number of piperazine rings is 1. The van der Waals surface area contributed by atoms with Crippen molar-refractivity contribution >= 4 is 29.1 Å². The molecule has 140 valence electrons. The largest absolute Gasteiger partial charge is 0.340 e. The van der Waals surface area contributed by atoms with Crippen LogP contribution >= 0.6 is 11.6 Å². The lowest BCUT2D eigenvalue weighted by atomic mass is 9.79. The van der Waals surface area contributed by atoms with Gasteiger partial charge in [0.05, 0.1) is 0 Å². The number of rotatable bonds is 2. The fourth-order valence-electron chi connectivity index (χ4n) is 4.68. The van der Waals surface area contributed by atoms with Crippen LogP contribution in [0.15, 0.2) is 18.2 Å². The van der Waals surface area contributed by atoms with E-state index in [4.69, 9.17) is 11.6 Å². The van der Waals surface area contributed by atoms with E-state index in [1.165, 1.54) is 0 Å². The van der Waals surface area contributed by atoms with Gasteiger partial charge >= 0.3 is 0 Å². The van der Waals surface area contributed by atoms with E-state index in [0.717, 1.165) is 37.1 Å². The van der Waals surface area contributed by atoms with Gasteiger partial charge in [0.2, 0.25) is 11.8 Å². The minimum absolute atomic E-state index is 0.0335. The Labute approximate surface area is 158 Å². The Kier molecular flexibility index (Phi) is 4.67. The number of benzene rings is 1. The fraction of sp³-hybridized carbons (Fsp3) is 0.579. The van der Waals surface area contributed by atoms with Crippen molar-refractivity contribution in [3.05, 3.63) is 28.8 Å². The monoisotopic (exact) mass is 376 g/mol. The number of hydrogen-bond acceptors (Lipinski definition) is 4. The Morgan fingerprint density at radius 1 is 1.27 bits per heavy atom. The third-order valence-electron chi connectivity index (χ3n) is 6.13. The normalized spacial score (nSPS) is 31.5. The van der Waals surface area contributed by atoms with Crippen molar-refractivity contribution in [1.82, 2.24) is 15.3 Å². The van der Waals surface area contributed by atoms with Crippen LogP contribution in [0.1, 0.15) is 31.2 Å². The van der Waals surface area contributed by atoms with Crippen molar-refractivity contribution < 1.29 is 9.59 Å². The van der Waals surface area contributed by atoms with Gasteiger partial charge in [-0.15, -0.1) is 0 Å². The smallest absolute Gasteiger partial charge is 0.241 e. The summed E-state index contributed by atoms with van der Waals surface area (Å²) in [6, 6.07) is 5.82. The van der Waals surface area contributed by atoms with Crippen molar-refractivity contribution in [3.63, 3.8) is 0 Å². The van der Waals surface area contributed by atoms with E-state index in [2.05, 4.69) is 15.8 Å². The quantitative estimate of drug-likeness (QED) is 0.830. The van der Waals surface area contributed by atoms with E-state index < -0.39 is 0 Å². The Morgan fingerprint density at radius 3 is 2.85 bits per heavy atom. The molecule has 0 spiro atoms. The predicted octanol–water partition coefficient (Wildman–Crippen LogP) is 2.18. The number of halogens is 1. The molecule has 3 aliphatic rings. The van der Waals surface area contributed by atoms with Gasteiger partial charge in [0, 0.05) is 42.3 Å². The Morgan fingerprint density at radius 2 is 2.08 bits per heavy atom. The van der Waals surface area contributed by atoms with Crippen LogP contribution in [0.25, 0.3) is 0 Å². The molecule has 1 saturated carbocycles. The van der Waals surface area contributed by atoms with Crippen LogP contribution in [0.3, 0.4) is 0 Å². The van der Waals surface area contributed by atoms with Gasteiger partial charge in [-0.3, -0.25) is 15.0 Å². The molecule has 0 aromatic heterocycles. The number of carbonyl (C=O) groups excluding carboxylic acids is 2. The lowest BCUT2D eigenvalue weighted by Crippen LogP contribution is -2.67. The van der Waals surface area contributed by atoms with Crippen LogP contribution in [0.4, 0.5) is 5.69 Å². The molecule has 4 unspecified atom stereocenters. The molecule has 2 aliphatic heterocycles. The zero-order valence-electron chi connectivity index (χ0n) is 15.2. The topological polar surface area (TPSA) is 64.7 Å². The number of carbonyl (C=O) groups is 2.